The van der Waals surface area contributed by atoms with E-state index < -0.39 is 5.54 Å². The molecule has 6 heteroatoms. The van der Waals surface area contributed by atoms with E-state index >= 15 is 0 Å². The number of hydroxylamine groups is 2. The van der Waals surface area contributed by atoms with Crippen LogP contribution in [-0.4, -0.2) is 41.4 Å². The first-order valence-electron chi connectivity index (χ1n) is 13.9. The van der Waals surface area contributed by atoms with E-state index in [0.717, 1.165) is 31.2 Å². The minimum absolute atomic E-state index is 0.00365. The van der Waals surface area contributed by atoms with Crippen molar-refractivity contribution in [1.29, 1.82) is 5.26 Å². The Bertz CT molecular complexity index is 1020. The number of piperidine rings is 1. The van der Waals surface area contributed by atoms with Crippen LogP contribution in [0.15, 0.2) is 60.7 Å². The van der Waals surface area contributed by atoms with Gasteiger partial charge in [0.1, 0.15) is 5.54 Å². The normalized spacial score (nSPS) is 20.0. The average molecular weight is 520 g/mol. The molecule has 0 aliphatic carbocycles. The third-order valence-corrected chi connectivity index (χ3v) is 7.88. The van der Waals surface area contributed by atoms with E-state index in [1.807, 2.05) is 31.2 Å². The molecule has 0 bridgehead atoms. The predicted molar refractivity (Wildman–Crippen MR) is 151 cm³/mol. The highest BCUT2D eigenvalue weighted by Crippen LogP contribution is 2.39. The number of nitrogens with zero attached hydrogens (tertiary/aromatic N) is 2. The summed E-state index contributed by atoms with van der Waals surface area (Å²) in [5, 5.41) is 15.9. The summed E-state index contributed by atoms with van der Waals surface area (Å²) >= 11 is 0. The highest BCUT2D eigenvalue weighted by molar-refractivity contribution is 5.36. The van der Waals surface area contributed by atoms with Gasteiger partial charge in [0, 0.05) is 23.5 Å². The number of hydrogen-bond acceptors (Lipinski definition) is 6. The van der Waals surface area contributed by atoms with Crippen LogP contribution in [0, 0.1) is 11.3 Å². The Morgan fingerprint density at radius 3 is 2.13 bits per heavy atom. The minimum atomic E-state index is -0.844. The standard InChI is InChI=1S/C32H45N3O3/c1-30(2)18-12-19-31(3,4)35(30)38-21-17-28(26-13-8-6-9-14-26)23-29(27-15-10-7-11-16-27)34-32(5,24-33)20-22-37-25-36/h6-11,13-16,25,28-29,34H,12,17-23H2,1-5H3. The monoisotopic (exact) mass is 519 g/mol. The molecule has 2 aromatic rings. The van der Waals surface area contributed by atoms with Gasteiger partial charge in [-0.25, -0.2) is 0 Å². The summed E-state index contributed by atoms with van der Waals surface area (Å²) in [7, 11) is 0. The van der Waals surface area contributed by atoms with Gasteiger partial charge in [-0.3, -0.25) is 14.9 Å². The van der Waals surface area contributed by atoms with Crippen LogP contribution in [0.1, 0.15) is 96.2 Å². The molecule has 0 aromatic heterocycles. The number of nitrogens with one attached hydrogen (secondary N) is 1. The smallest absolute Gasteiger partial charge is 0.293 e. The van der Waals surface area contributed by atoms with Gasteiger partial charge in [-0.2, -0.15) is 10.3 Å². The molecule has 1 N–H and O–H groups in total. The van der Waals surface area contributed by atoms with Crippen molar-refractivity contribution in [3.05, 3.63) is 71.8 Å². The lowest BCUT2D eigenvalue weighted by Crippen LogP contribution is -2.58. The van der Waals surface area contributed by atoms with Crippen molar-refractivity contribution in [3.63, 3.8) is 0 Å². The maximum absolute atomic E-state index is 10.7. The molecule has 1 aliphatic heterocycles. The Balaban J connectivity index is 1.81. The molecule has 1 fully saturated rings. The fraction of sp³-hybridized carbons (Fsp3) is 0.562. The quantitative estimate of drug-likeness (QED) is 0.221. The van der Waals surface area contributed by atoms with Crippen LogP contribution in [0.25, 0.3) is 0 Å². The van der Waals surface area contributed by atoms with Crippen LogP contribution >= 0.6 is 0 Å². The minimum Gasteiger partial charge on any atom is -0.468 e. The van der Waals surface area contributed by atoms with Gasteiger partial charge in [-0.15, -0.1) is 0 Å². The summed E-state index contributed by atoms with van der Waals surface area (Å²) in [5.41, 5.74) is 1.54. The summed E-state index contributed by atoms with van der Waals surface area (Å²) in [6, 6.07) is 23.2. The summed E-state index contributed by atoms with van der Waals surface area (Å²) in [6.07, 6.45) is 5.53. The average Bonchev–Trinajstić information content (AvgIpc) is 2.90. The second-order valence-corrected chi connectivity index (χ2v) is 12.0. The molecule has 0 amide bonds. The second-order valence-electron chi connectivity index (χ2n) is 12.0. The number of nitriles is 1. The predicted octanol–water partition coefficient (Wildman–Crippen LogP) is 6.70. The van der Waals surface area contributed by atoms with Crippen LogP contribution in [0.3, 0.4) is 0 Å². The van der Waals surface area contributed by atoms with Crippen molar-refractivity contribution in [2.45, 2.75) is 102 Å². The van der Waals surface area contributed by atoms with Gasteiger partial charge in [-0.05, 0) is 83.8 Å². The maximum atomic E-state index is 10.7. The molecule has 3 unspecified atom stereocenters. The third kappa shape index (κ3) is 8.14. The summed E-state index contributed by atoms with van der Waals surface area (Å²) < 4.78 is 4.92. The van der Waals surface area contributed by atoms with Crippen molar-refractivity contribution < 1.29 is 14.4 Å². The number of carbonyl (C=O) groups is 1. The largest absolute Gasteiger partial charge is 0.468 e. The van der Waals surface area contributed by atoms with Crippen LogP contribution in [-0.2, 0) is 14.4 Å². The molecule has 3 atom stereocenters. The Labute approximate surface area is 229 Å². The molecule has 1 saturated heterocycles. The molecule has 1 heterocycles. The zero-order valence-electron chi connectivity index (χ0n) is 23.8. The van der Waals surface area contributed by atoms with E-state index in [2.05, 4.69) is 80.5 Å². The topological polar surface area (TPSA) is 74.6 Å². The van der Waals surface area contributed by atoms with Gasteiger partial charge in [0.05, 0.1) is 19.3 Å². The van der Waals surface area contributed by atoms with E-state index in [-0.39, 0.29) is 29.6 Å². The lowest BCUT2D eigenvalue weighted by atomic mass is 9.82. The Morgan fingerprint density at radius 2 is 1.58 bits per heavy atom. The van der Waals surface area contributed by atoms with E-state index in [1.54, 1.807) is 0 Å². The molecule has 6 nitrogen and oxygen atoms in total. The summed E-state index contributed by atoms with van der Waals surface area (Å²) in [5.74, 6) is 0.221. The van der Waals surface area contributed by atoms with Crippen molar-refractivity contribution in [2.24, 2.45) is 0 Å². The lowest BCUT2D eigenvalue weighted by Gasteiger charge is -2.51. The fourth-order valence-electron chi connectivity index (χ4n) is 5.86. The molecule has 38 heavy (non-hydrogen) atoms. The summed E-state index contributed by atoms with van der Waals surface area (Å²) in [6.45, 7) is 12.2. The van der Waals surface area contributed by atoms with Crippen LogP contribution in [0.4, 0.5) is 0 Å². The SMILES string of the molecule is CC(C#N)(CCOC=O)NC(CC(CCON1C(C)(C)CCCC1(C)C)c1ccccc1)c1ccccc1. The van der Waals surface area contributed by atoms with Crippen molar-refractivity contribution in [2.75, 3.05) is 13.2 Å². The van der Waals surface area contributed by atoms with Crippen LogP contribution in [0.2, 0.25) is 0 Å². The third-order valence-electron chi connectivity index (χ3n) is 7.88. The molecule has 0 spiro atoms. The van der Waals surface area contributed by atoms with Gasteiger partial charge in [0.15, 0.2) is 0 Å². The zero-order valence-corrected chi connectivity index (χ0v) is 23.8. The molecular weight excluding hydrogens is 474 g/mol. The maximum Gasteiger partial charge on any atom is 0.293 e. The van der Waals surface area contributed by atoms with Gasteiger partial charge in [-0.1, -0.05) is 60.7 Å². The lowest BCUT2D eigenvalue weighted by molar-refractivity contribution is -0.281. The van der Waals surface area contributed by atoms with Crippen LogP contribution < -0.4 is 5.32 Å². The van der Waals surface area contributed by atoms with Gasteiger partial charge < -0.3 is 4.74 Å². The Kier molecular flexibility index (Phi) is 10.5. The second kappa shape index (κ2) is 13.4. The van der Waals surface area contributed by atoms with Crippen molar-refractivity contribution in [1.82, 2.24) is 10.4 Å². The zero-order chi connectivity index (χ0) is 27.7. The molecule has 1 aliphatic rings. The van der Waals surface area contributed by atoms with Gasteiger partial charge in [0.25, 0.3) is 6.47 Å². The van der Waals surface area contributed by atoms with Crippen LogP contribution in [0.5, 0.6) is 0 Å². The van der Waals surface area contributed by atoms with Crippen molar-refractivity contribution >= 4 is 6.47 Å². The number of carbonyl (C=O) groups excluding carboxylic acids is 1. The van der Waals surface area contributed by atoms with E-state index in [1.165, 1.54) is 12.0 Å². The molecule has 0 radical (unpaired) electrons. The highest BCUT2D eigenvalue weighted by Gasteiger charge is 2.42. The molecule has 2 aromatic carbocycles. The Hall–Kier alpha value is -2.72. The molecule has 206 valence electrons. The molecule has 0 saturated carbocycles. The summed E-state index contributed by atoms with van der Waals surface area (Å²) in [4.78, 5) is 17.2. The van der Waals surface area contributed by atoms with Gasteiger partial charge >= 0.3 is 0 Å². The fourth-order valence-corrected chi connectivity index (χ4v) is 5.86. The Morgan fingerprint density at radius 1 is 1.00 bits per heavy atom. The molecule has 3 rings (SSSR count). The van der Waals surface area contributed by atoms with E-state index in [9.17, 15) is 10.1 Å². The van der Waals surface area contributed by atoms with E-state index in [0.29, 0.717) is 19.5 Å². The number of ether oxygens (including phenoxy) is 1. The number of rotatable bonds is 14. The number of hydrogen-bond donors (Lipinski definition) is 1. The first kappa shape index (κ1) is 29.8. The van der Waals surface area contributed by atoms with Gasteiger partial charge in [0.2, 0.25) is 0 Å². The van der Waals surface area contributed by atoms with Crippen molar-refractivity contribution in [3.8, 4) is 6.07 Å². The molecular formula is C32H45N3O3. The van der Waals surface area contributed by atoms with E-state index in [4.69, 9.17) is 9.57 Å². The first-order chi connectivity index (χ1) is 18.1. The first-order valence-corrected chi connectivity index (χ1v) is 13.9. The number of benzene rings is 2. The highest BCUT2D eigenvalue weighted by atomic mass is 16.7.